The molecule has 3 rings (SSSR count). The van der Waals surface area contributed by atoms with Gasteiger partial charge >= 0.3 is 5.76 Å². The number of hydrogen-bond acceptors (Lipinski definition) is 5. The first-order chi connectivity index (χ1) is 10.6. The van der Waals surface area contributed by atoms with Crippen LogP contribution >= 0.6 is 15.9 Å². The van der Waals surface area contributed by atoms with Crippen LogP contribution in [-0.2, 0) is 0 Å². The number of aromatic amines is 1. The van der Waals surface area contributed by atoms with Crippen LogP contribution in [0.1, 0.15) is 25.7 Å². The van der Waals surface area contributed by atoms with Gasteiger partial charge in [0, 0.05) is 11.6 Å². The smallest absolute Gasteiger partial charge is 0.434 e. The average Bonchev–Trinajstić information content (AvgIpc) is 2.95. The Kier molecular flexibility index (Phi) is 4.63. The molecule has 1 saturated carbocycles. The van der Waals surface area contributed by atoms with Crippen molar-refractivity contribution in [2.75, 3.05) is 6.61 Å². The zero-order chi connectivity index (χ0) is 15.5. The molecule has 1 heterocycles. The van der Waals surface area contributed by atoms with E-state index in [1.165, 1.54) is 0 Å². The topological polar surface area (TPSA) is 94.1 Å². The summed E-state index contributed by atoms with van der Waals surface area (Å²) in [4.78, 5) is 11.0. The highest BCUT2D eigenvalue weighted by molar-refractivity contribution is 9.10. The minimum Gasteiger partial charge on any atom is -0.492 e. The SMILES string of the molecule is NC1CCC(COc2cc(-c3n[nH]c(=O)o3)ccc2Br)CC1. The van der Waals surface area contributed by atoms with E-state index in [9.17, 15) is 4.79 Å². The lowest BCUT2D eigenvalue weighted by atomic mass is 9.87. The van der Waals surface area contributed by atoms with Crippen molar-refractivity contribution < 1.29 is 9.15 Å². The summed E-state index contributed by atoms with van der Waals surface area (Å²) in [6.07, 6.45) is 4.33. The number of ether oxygens (including phenoxy) is 1. The molecule has 1 aliphatic rings. The van der Waals surface area contributed by atoms with Gasteiger partial charge < -0.3 is 14.9 Å². The lowest BCUT2D eigenvalue weighted by Gasteiger charge is -2.26. The Morgan fingerprint density at radius 1 is 1.36 bits per heavy atom. The third kappa shape index (κ3) is 3.59. The van der Waals surface area contributed by atoms with Crippen LogP contribution in [0.3, 0.4) is 0 Å². The fraction of sp³-hybridized carbons (Fsp3) is 0.467. The van der Waals surface area contributed by atoms with Gasteiger partial charge in [-0.05, 0) is 65.7 Å². The van der Waals surface area contributed by atoms with Crippen molar-refractivity contribution in [2.45, 2.75) is 31.7 Å². The number of H-pyrrole nitrogens is 1. The van der Waals surface area contributed by atoms with Crippen molar-refractivity contribution in [1.82, 2.24) is 10.2 Å². The first-order valence-electron chi connectivity index (χ1n) is 7.35. The molecule has 1 aliphatic carbocycles. The molecular weight excluding hydrogens is 350 g/mol. The Hall–Kier alpha value is -1.60. The van der Waals surface area contributed by atoms with Gasteiger partial charge in [0.15, 0.2) is 0 Å². The number of hydrogen-bond donors (Lipinski definition) is 2. The highest BCUT2D eigenvalue weighted by Gasteiger charge is 2.19. The third-order valence-electron chi connectivity index (χ3n) is 3.98. The predicted molar refractivity (Wildman–Crippen MR) is 85.7 cm³/mol. The standard InChI is InChI=1S/C15H18BrN3O3/c16-12-6-3-10(14-18-19-15(20)22-14)7-13(12)21-8-9-1-4-11(17)5-2-9/h3,6-7,9,11H,1-2,4-5,8,17H2,(H,19,20). The minimum absolute atomic E-state index is 0.256. The van der Waals surface area contributed by atoms with Crippen molar-refractivity contribution in [3.05, 3.63) is 33.2 Å². The number of nitrogens with one attached hydrogen (secondary N) is 1. The van der Waals surface area contributed by atoms with E-state index in [-0.39, 0.29) is 5.89 Å². The average molecular weight is 368 g/mol. The van der Waals surface area contributed by atoms with Crippen LogP contribution in [0.25, 0.3) is 11.5 Å². The maximum absolute atomic E-state index is 11.0. The van der Waals surface area contributed by atoms with Crippen molar-refractivity contribution in [3.8, 4) is 17.2 Å². The van der Waals surface area contributed by atoms with Gasteiger partial charge in [-0.25, -0.2) is 9.89 Å². The molecule has 0 spiro atoms. The van der Waals surface area contributed by atoms with Crippen LogP contribution in [0.4, 0.5) is 0 Å². The summed E-state index contributed by atoms with van der Waals surface area (Å²) >= 11 is 3.48. The Balaban J connectivity index is 1.69. The molecule has 7 heteroatoms. The zero-order valence-corrected chi connectivity index (χ0v) is 13.6. The summed E-state index contributed by atoms with van der Waals surface area (Å²) in [6.45, 7) is 0.666. The summed E-state index contributed by atoms with van der Waals surface area (Å²) in [6, 6.07) is 5.83. The molecule has 2 aromatic rings. The maximum Gasteiger partial charge on any atom is 0.434 e. The second-order valence-corrected chi connectivity index (χ2v) is 6.51. The molecule has 22 heavy (non-hydrogen) atoms. The Labute approximate surface area is 136 Å². The van der Waals surface area contributed by atoms with Gasteiger partial charge in [0.05, 0.1) is 11.1 Å². The van der Waals surface area contributed by atoms with Crippen LogP contribution in [0.2, 0.25) is 0 Å². The predicted octanol–water partition coefficient (Wildman–Crippen LogP) is 2.69. The molecule has 0 atom stereocenters. The van der Waals surface area contributed by atoms with Crippen molar-refractivity contribution in [1.29, 1.82) is 0 Å². The second-order valence-electron chi connectivity index (χ2n) is 5.66. The fourth-order valence-electron chi connectivity index (χ4n) is 2.66. The summed E-state index contributed by atoms with van der Waals surface area (Å²) in [5.41, 5.74) is 6.62. The van der Waals surface area contributed by atoms with Gasteiger partial charge in [-0.3, -0.25) is 0 Å². The molecule has 1 fully saturated rings. The maximum atomic E-state index is 11.0. The van der Waals surface area contributed by atoms with Gasteiger partial charge in [-0.2, -0.15) is 0 Å². The van der Waals surface area contributed by atoms with Gasteiger partial charge in [0.2, 0.25) is 5.89 Å². The van der Waals surface area contributed by atoms with E-state index >= 15 is 0 Å². The molecule has 118 valence electrons. The van der Waals surface area contributed by atoms with E-state index in [1.807, 2.05) is 18.2 Å². The van der Waals surface area contributed by atoms with Crippen LogP contribution in [0.5, 0.6) is 5.75 Å². The number of nitrogens with two attached hydrogens (primary N) is 1. The first-order valence-corrected chi connectivity index (χ1v) is 8.15. The monoisotopic (exact) mass is 367 g/mol. The van der Waals surface area contributed by atoms with E-state index in [4.69, 9.17) is 14.9 Å². The minimum atomic E-state index is -0.570. The highest BCUT2D eigenvalue weighted by Crippen LogP contribution is 2.31. The molecule has 0 radical (unpaired) electrons. The number of nitrogens with zero attached hydrogens (tertiary/aromatic N) is 1. The van der Waals surface area contributed by atoms with E-state index in [1.54, 1.807) is 0 Å². The fourth-order valence-corrected chi connectivity index (χ4v) is 3.02. The molecule has 0 unspecified atom stereocenters. The lowest BCUT2D eigenvalue weighted by Crippen LogP contribution is -2.28. The molecule has 0 saturated heterocycles. The van der Waals surface area contributed by atoms with Crippen LogP contribution in [0.15, 0.2) is 31.9 Å². The van der Waals surface area contributed by atoms with Gasteiger partial charge in [-0.1, -0.05) is 0 Å². The van der Waals surface area contributed by atoms with Gasteiger partial charge in [0.1, 0.15) is 5.75 Å². The largest absolute Gasteiger partial charge is 0.492 e. The van der Waals surface area contributed by atoms with Crippen LogP contribution in [0, 0.1) is 5.92 Å². The number of benzene rings is 1. The number of rotatable bonds is 4. The zero-order valence-electron chi connectivity index (χ0n) is 12.0. The molecule has 3 N–H and O–H groups in total. The molecule has 0 aliphatic heterocycles. The summed E-state index contributed by atoms with van der Waals surface area (Å²) in [5, 5.41) is 6.08. The highest BCUT2D eigenvalue weighted by atomic mass is 79.9. The molecule has 1 aromatic carbocycles. The quantitative estimate of drug-likeness (QED) is 0.865. The van der Waals surface area contributed by atoms with Crippen LogP contribution in [-0.4, -0.2) is 22.8 Å². The molecule has 0 bridgehead atoms. The third-order valence-corrected chi connectivity index (χ3v) is 4.64. The molecule has 6 nitrogen and oxygen atoms in total. The van der Waals surface area contributed by atoms with E-state index in [0.717, 1.165) is 35.9 Å². The van der Waals surface area contributed by atoms with E-state index in [0.29, 0.717) is 24.1 Å². The molecule has 0 amide bonds. The first kappa shape index (κ1) is 15.3. The molecular formula is C15H18BrN3O3. The van der Waals surface area contributed by atoms with E-state index < -0.39 is 5.76 Å². The van der Waals surface area contributed by atoms with Crippen molar-refractivity contribution in [2.24, 2.45) is 11.7 Å². The van der Waals surface area contributed by atoms with Crippen molar-refractivity contribution >= 4 is 15.9 Å². The molecule has 1 aromatic heterocycles. The number of halogens is 1. The normalized spacial score (nSPS) is 21.7. The van der Waals surface area contributed by atoms with Crippen molar-refractivity contribution in [3.63, 3.8) is 0 Å². The Morgan fingerprint density at radius 2 is 2.14 bits per heavy atom. The van der Waals surface area contributed by atoms with Gasteiger partial charge in [-0.15, -0.1) is 5.10 Å². The van der Waals surface area contributed by atoms with E-state index in [2.05, 4.69) is 26.1 Å². The van der Waals surface area contributed by atoms with Crippen LogP contribution < -0.4 is 16.2 Å². The second kappa shape index (κ2) is 6.66. The lowest BCUT2D eigenvalue weighted by molar-refractivity contribution is 0.200. The Morgan fingerprint density at radius 3 is 2.82 bits per heavy atom. The number of aromatic nitrogens is 2. The van der Waals surface area contributed by atoms with Gasteiger partial charge in [0.25, 0.3) is 0 Å². The summed E-state index contributed by atoms with van der Waals surface area (Å²) < 4.78 is 11.8. The summed E-state index contributed by atoms with van der Waals surface area (Å²) in [5.74, 6) is 0.946. The Bertz CT molecular complexity index is 689. The summed E-state index contributed by atoms with van der Waals surface area (Å²) in [7, 11) is 0.